The Bertz CT molecular complexity index is 683. The number of fused-ring (bicyclic) bond motifs is 1. The summed E-state index contributed by atoms with van der Waals surface area (Å²) < 4.78 is 37.8. The number of carbonyl (C=O) groups is 1. The SMILES string of the molecule is O=CN(c1ccc(C(F)(F)F)cc1)N1CCc2ccccc21. The molecule has 3 rings (SSSR count). The number of nitrogens with zero attached hydrogens (tertiary/aromatic N) is 2. The van der Waals surface area contributed by atoms with Crippen molar-refractivity contribution in [3.63, 3.8) is 0 Å². The molecule has 1 amide bonds. The first-order valence-electron chi connectivity index (χ1n) is 6.78. The second kappa shape index (κ2) is 5.36. The van der Waals surface area contributed by atoms with Crippen LogP contribution in [0.3, 0.4) is 0 Å². The average molecular weight is 306 g/mol. The van der Waals surface area contributed by atoms with E-state index in [0.29, 0.717) is 18.6 Å². The number of benzene rings is 2. The van der Waals surface area contributed by atoms with Crippen LogP contribution in [-0.2, 0) is 17.4 Å². The minimum atomic E-state index is -4.38. The second-order valence-electron chi connectivity index (χ2n) is 5.00. The standard InChI is InChI=1S/C16H13F3N2O/c17-16(18,19)13-5-7-14(8-6-13)21(11-22)20-10-9-12-3-1-2-4-15(12)20/h1-8,11H,9-10H2. The van der Waals surface area contributed by atoms with Crippen LogP contribution in [0.2, 0.25) is 0 Å². The average Bonchev–Trinajstić information content (AvgIpc) is 2.92. The molecule has 0 fully saturated rings. The van der Waals surface area contributed by atoms with Gasteiger partial charge < -0.3 is 0 Å². The Kier molecular flexibility index (Phi) is 3.52. The Labute approximate surface area is 125 Å². The van der Waals surface area contributed by atoms with Gasteiger partial charge in [0.05, 0.1) is 16.9 Å². The van der Waals surface area contributed by atoms with Gasteiger partial charge >= 0.3 is 6.18 Å². The van der Waals surface area contributed by atoms with Gasteiger partial charge in [-0.3, -0.25) is 9.80 Å². The summed E-state index contributed by atoms with van der Waals surface area (Å²) in [4.78, 5) is 11.4. The summed E-state index contributed by atoms with van der Waals surface area (Å²) in [6, 6.07) is 12.2. The van der Waals surface area contributed by atoms with E-state index < -0.39 is 11.7 Å². The molecule has 1 aliphatic rings. The first kappa shape index (κ1) is 14.4. The zero-order valence-electron chi connectivity index (χ0n) is 11.5. The zero-order chi connectivity index (χ0) is 15.7. The van der Waals surface area contributed by atoms with Gasteiger partial charge in [0.1, 0.15) is 0 Å². The minimum Gasteiger partial charge on any atom is -0.278 e. The molecular formula is C16H13F3N2O. The molecule has 114 valence electrons. The van der Waals surface area contributed by atoms with Gasteiger partial charge in [-0.1, -0.05) is 18.2 Å². The Balaban J connectivity index is 1.91. The normalized spacial score (nSPS) is 13.9. The van der Waals surface area contributed by atoms with Crippen molar-refractivity contribution in [1.82, 2.24) is 0 Å². The quantitative estimate of drug-likeness (QED) is 0.808. The van der Waals surface area contributed by atoms with E-state index in [1.165, 1.54) is 17.1 Å². The Morgan fingerprint density at radius 2 is 1.73 bits per heavy atom. The molecule has 1 aliphatic heterocycles. The Morgan fingerprint density at radius 1 is 1.05 bits per heavy atom. The van der Waals surface area contributed by atoms with Crippen molar-refractivity contribution in [2.24, 2.45) is 0 Å². The van der Waals surface area contributed by atoms with E-state index in [1.54, 1.807) is 5.01 Å². The van der Waals surface area contributed by atoms with Crippen LogP contribution in [0.25, 0.3) is 0 Å². The molecule has 0 spiro atoms. The predicted molar refractivity (Wildman–Crippen MR) is 77.5 cm³/mol. The maximum Gasteiger partial charge on any atom is 0.416 e. The maximum absolute atomic E-state index is 12.6. The largest absolute Gasteiger partial charge is 0.416 e. The first-order chi connectivity index (χ1) is 10.5. The fraction of sp³-hybridized carbons (Fsp3) is 0.188. The molecule has 3 nitrogen and oxygen atoms in total. The minimum absolute atomic E-state index is 0.403. The molecule has 2 aromatic rings. The maximum atomic E-state index is 12.6. The van der Waals surface area contributed by atoms with Crippen LogP contribution in [0.15, 0.2) is 48.5 Å². The molecule has 0 atom stereocenters. The van der Waals surface area contributed by atoms with E-state index in [2.05, 4.69) is 0 Å². The second-order valence-corrected chi connectivity index (χ2v) is 5.00. The van der Waals surface area contributed by atoms with Gasteiger partial charge in [-0.2, -0.15) is 13.2 Å². The van der Waals surface area contributed by atoms with E-state index in [9.17, 15) is 18.0 Å². The molecular weight excluding hydrogens is 293 g/mol. The predicted octanol–water partition coefficient (Wildman–Crippen LogP) is 3.65. The Morgan fingerprint density at radius 3 is 2.36 bits per heavy atom. The van der Waals surface area contributed by atoms with Gasteiger partial charge in [0.25, 0.3) is 0 Å². The van der Waals surface area contributed by atoms with Crippen LogP contribution in [0.1, 0.15) is 11.1 Å². The lowest BCUT2D eigenvalue weighted by molar-refractivity contribution is -0.137. The monoisotopic (exact) mass is 306 g/mol. The highest BCUT2D eigenvalue weighted by Crippen LogP contribution is 2.33. The number of carbonyl (C=O) groups excluding carboxylic acids is 1. The van der Waals surface area contributed by atoms with Crippen LogP contribution in [-0.4, -0.2) is 13.0 Å². The highest BCUT2D eigenvalue weighted by molar-refractivity contribution is 5.81. The molecule has 2 aromatic carbocycles. The fourth-order valence-electron chi connectivity index (χ4n) is 2.60. The van der Waals surface area contributed by atoms with E-state index in [-0.39, 0.29) is 0 Å². The van der Waals surface area contributed by atoms with Gasteiger partial charge in [0.15, 0.2) is 0 Å². The summed E-state index contributed by atoms with van der Waals surface area (Å²) in [5, 5.41) is 3.11. The summed E-state index contributed by atoms with van der Waals surface area (Å²) in [6.07, 6.45) is -2.98. The van der Waals surface area contributed by atoms with Crippen LogP contribution in [0.5, 0.6) is 0 Å². The molecule has 0 bridgehead atoms. The van der Waals surface area contributed by atoms with Gasteiger partial charge in [-0.15, -0.1) is 0 Å². The molecule has 1 heterocycles. The first-order valence-corrected chi connectivity index (χ1v) is 6.78. The van der Waals surface area contributed by atoms with Gasteiger partial charge in [0.2, 0.25) is 6.41 Å². The van der Waals surface area contributed by atoms with Gasteiger partial charge in [-0.25, -0.2) is 5.01 Å². The van der Waals surface area contributed by atoms with Crippen molar-refractivity contribution in [3.05, 3.63) is 59.7 Å². The highest BCUT2D eigenvalue weighted by atomic mass is 19.4. The number of amides is 1. The topological polar surface area (TPSA) is 23.6 Å². The molecule has 0 unspecified atom stereocenters. The highest BCUT2D eigenvalue weighted by Gasteiger charge is 2.31. The third kappa shape index (κ3) is 2.52. The van der Waals surface area contributed by atoms with Crippen molar-refractivity contribution >= 4 is 17.8 Å². The van der Waals surface area contributed by atoms with Crippen molar-refractivity contribution < 1.29 is 18.0 Å². The summed E-state index contributed by atoms with van der Waals surface area (Å²) >= 11 is 0. The number of halogens is 3. The smallest absolute Gasteiger partial charge is 0.278 e. The number of hydrogen-bond acceptors (Lipinski definition) is 2. The molecule has 0 saturated carbocycles. The zero-order valence-corrected chi connectivity index (χ0v) is 11.5. The summed E-state index contributed by atoms with van der Waals surface area (Å²) in [7, 11) is 0. The summed E-state index contributed by atoms with van der Waals surface area (Å²) in [5.74, 6) is 0. The number of anilines is 2. The Hall–Kier alpha value is -2.50. The van der Waals surface area contributed by atoms with E-state index in [1.807, 2.05) is 24.3 Å². The molecule has 0 N–H and O–H groups in total. The van der Waals surface area contributed by atoms with Crippen LogP contribution in [0, 0.1) is 0 Å². The number of para-hydroxylation sites is 1. The lowest BCUT2D eigenvalue weighted by Crippen LogP contribution is -2.41. The third-order valence-electron chi connectivity index (χ3n) is 3.68. The number of hydrazine groups is 1. The van der Waals surface area contributed by atoms with Gasteiger partial charge in [0, 0.05) is 6.54 Å². The van der Waals surface area contributed by atoms with Crippen LogP contribution in [0.4, 0.5) is 24.5 Å². The third-order valence-corrected chi connectivity index (χ3v) is 3.68. The summed E-state index contributed by atoms with van der Waals surface area (Å²) in [6.45, 7) is 0.610. The lowest BCUT2D eigenvalue weighted by Gasteiger charge is -2.30. The fourth-order valence-corrected chi connectivity index (χ4v) is 2.60. The van der Waals surface area contributed by atoms with Crippen molar-refractivity contribution in [2.45, 2.75) is 12.6 Å². The van der Waals surface area contributed by atoms with E-state index >= 15 is 0 Å². The number of rotatable bonds is 3. The van der Waals surface area contributed by atoms with Crippen molar-refractivity contribution in [3.8, 4) is 0 Å². The van der Waals surface area contributed by atoms with Gasteiger partial charge in [-0.05, 0) is 42.3 Å². The molecule has 0 radical (unpaired) electrons. The lowest BCUT2D eigenvalue weighted by atomic mass is 10.2. The van der Waals surface area contributed by atoms with Crippen LogP contribution >= 0.6 is 0 Å². The molecule has 22 heavy (non-hydrogen) atoms. The number of hydrogen-bond donors (Lipinski definition) is 0. The van der Waals surface area contributed by atoms with E-state index in [0.717, 1.165) is 29.8 Å². The summed E-state index contributed by atoms with van der Waals surface area (Å²) in [5.41, 5.74) is 1.68. The molecule has 6 heteroatoms. The van der Waals surface area contributed by atoms with Crippen LogP contribution < -0.4 is 10.0 Å². The molecule has 0 aromatic heterocycles. The van der Waals surface area contributed by atoms with E-state index in [4.69, 9.17) is 0 Å². The van der Waals surface area contributed by atoms with Crippen molar-refractivity contribution in [1.29, 1.82) is 0 Å². The number of alkyl halides is 3. The molecule has 0 saturated heterocycles. The molecule has 0 aliphatic carbocycles. The van der Waals surface area contributed by atoms with Crippen molar-refractivity contribution in [2.75, 3.05) is 16.6 Å².